The maximum absolute atomic E-state index is 12.8. The molecule has 9 heteroatoms. The van der Waals surface area contributed by atoms with Crippen molar-refractivity contribution in [3.63, 3.8) is 0 Å². The number of nitrogens with zero attached hydrogens (tertiary/aromatic N) is 2. The number of nitro benzene ring substituents is 1. The van der Waals surface area contributed by atoms with Crippen LogP contribution in [-0.4, -0.2) is 56.6 Å². The average molecular weight is 397 g/mol. The van der Waals surface area contributed by atoms with E-state index < -0.39 is 14.9 Å². The number of hydrogen-bond acceptors (Lipinski definition) is 6. The molecule has 1 saturated carbocycles. The Balaban J connectivity index is 1.80. The first kappa shape index (κ1) is 20.2. The monoisotopic (exact) mass is 397 g/mol. The summed E-state index contributed by atoms with van der Waals surface area (Å²) in [5.41, 5.74) is 0.0561. The number of benzene rings is 1. The Morgan fingerprint density at radius 2 is 1.89 bits per heavy atom. The zero-order valence-electron chi connectivity index (χ0n) is 15.6. The molecule has 0 amide bonds. The number of sulfonamides is 1. The van der Waals surface area contributed by atoms with E-state index in [4.69, 9.17) is 4.74 Å². The molecule has 150 valence electrons. The molecule has 0 radical (unpaired) electrons. The van der Waals surface area contributed by atoms with E-state index in [9.17, 15) is 18.5 Å². The van der Waals surface area contributed by atoms with Crippen molar-refractivity contribution >= 4 is 15.7 Å². The second kappa shape index (κ2) is 8.22. The molecule has 1 aromatic rings. The zero-order chi connectivity index (χ0) is 19.5. The van der Waals surface area contributed by atoms with Crippen LogP contribution in [0.4, 0.5) is 5.69 Å². The van der Waals surface area contributed by atoms with Crippen LogP contribution in [-0.2, 0) is 14.8 Å². The van der Waals surface area contributed by atoms with Crippen LogP contribution in [0.3, 0.4) is 0 Å². The zero-order valence-corrected chi connectivity index (χ0v) is 16.5. The predicted molar refractivity (Wildman–Crippen MR) is 101 cm³/mol. The topological polar surface area (TPSA) is 102 Å². The SMILES string of the molecule is Cc1ccc(S(=O)(=O)NCC2(N3CCOCC3)CCCCC2)cc1[N+](=O)[O-]. The first-order valence-corrected chi connectivity index (χ1v) is 10.9. The molecule has 2 fully saturated rings. The van der Waals surface area contributed by atoms with Crippen molar-refractivity contribution in [2.45, 2.75) is 49.5 Å². The summed E-state index contributed by atoms with van der Waals surface area (Å²) in [6.45, 7) is 4.85. The van der Waals surface area contributed by atoms with Gasteiger partial charge in [0.25, 0.3) is 5.69 Å². The van der Waals surface area contributed by atoms with E-state index >= 15 is 0 Å². The second-order valence-electron chi connectivity index (χ2n) is 7.41. The van der Waals surface area contributed by atoms with Crippen molar-refractivity contribution in [2.75, 3.05) is 32.8 Å². The van der Waals surface area contributed by atoms with Gasteiger partial charge in [0.05, 0.1) is 23.0 Å². The fourth-order valence-electron chi connectivity index (χ4n) is 4.12. The summed E-state index contributed by atoms with van der Waals surface area (Å²) in [7, 11) is -3.82. The molecule has 3 rings (SSSR count). The lowest BCUT2D eigenvalue weighted by Crippen LogP contribution is -2.59. The molecule has 1 heterocycles. The Hall–Kier alpha value is -1.55. The van der Waals surface area contributed by atoms with Crippen LogP contribution in [0.5, 0.6) is 0 Å². The lowest BCUT2D eigenvalue weighted by Gasteiger charge is -2.48. The maximum Gasteiger partial charge on any atom is 0.273 e. The fraction of sp³-hybridized carbons (Fsp3) is 0.667. The molecule has 27 heavy (non-hydrogen) atoms. The number of ether oxygens (including phenoxy) is 1. The lowest BCUT2D eigenvalue weighted by atomic mass is 9.80. The van der Waals surface area contributed by atoms with Gasteiger partial charge in [0.2, 0.25) is 10.0 Å². The Kier molecular flexibility index (Phi) is 6.15. The molecule has 1 aliphatic heterocycles. The van der Waals surface area contributed by atoms with Crippen LogP contribution >= 0.6 is 0 Å². The van der Waals surface area contributed by atoms with E-state index in [0.29, 0.717) is 25.3 Å². The van der Waals surface area contributed by atoms with Crippen LogP contribution in [0, 0.1) is 17.0 Å². The van der Waals surface area contributed by atoms with Crippen molar-refractivity contribution in [3.05, 3.63) is 33.9 Å². The van der Waals surface area contributed by atoms with Gasteiger partial charge in [-0.25, -0.2) is 13.1 Å². The van der Waals surface area contributed by atoms with Gasteiger partial charge in [0.1, 0.15) is 0 Å². The first-order chi connectivity index (χ1) is 12.8. The maximum atomic E-state index is 12.8. The average Bonchev–Trinajstić information content (AvgIpc) is 2.68. The summed E-state index contributed by atoms with van der Waals surface area (Å²) in [6.07, 6.45) is 5.22. The van der Waals surface area contributed by atoms with E-state index in [2.05, 4.69) is 9.62 Å². The highest BCUT2D eigenvalue weighted by atomic mass is 32.2. The molecule has 0 bridgehead atoms. The van der Waals surface area contributed by atoms with Crippen LogP contribution < -0.4 is 4.72 Å². The van der Waals surface area contributed by atoms with Crippen molar-refractivity contribution in [1.82, 2.24) is 9.62 Å². The smallest absolute Gasteiger partial charge is 0.273 e. The first-order valence-electron chi connectivity index (χ1n) is 9.42. The Labute approximate surface area is 160 Å². The summed E-state index contributed by atoms with van der Waals surface area (Å²) in [6, 6.07) is 4.04. The summed E-state index contributed by atoms with van der Waals surface area (Å²) in [5, 5.41) is 11.1. The third kappa shape index (κ3) is 4.48. The standard InChI is InChI=1S/C18H27N3O5S/c1-15-5-6-16(13-17(15)21(22)23)27(24,25)19-14-18(7-3-2-4-8-18)20-9-11-26-12-10-20/h5-6,13,19H,2-4,7-12,14H2,1H3. The van der Waals surface area contributed by atoms with Gasteiger partial charge in [0.15, 0.2) is 0 Å². The lowest BCUT2D eigenvalue weighted by molar-refractivity contribution is -0.385. The highest BCUT2D eigenvalue weighted by molar-refractivity contribution is 7.89. The second-order valence-corrected chi connectivity index (χ2v) is 9.18. The number of morpholine rings is 1. The molecule has 1 saturated heterocycles. The fourth-order valence-corrected chi connectivity index (χ4v) is 5.26. The number of hydrogen-bond donors (Lipinski definition) is 1. The molecule has 1 N–H and O–H groups in total. The summed E-state index contributed by atoms with van der Waals surface area (Å²) >= 11 is 0. The normalized spacial score (nSPS) is 21.1. The summed E-state index contributed by atoms with van der Waals surface area (Å²) in [5.74, 6) is 0. The minimum absolute atomic E-state index is 0.0623. The third-order valence-corrected chi connectivity index (χ3v) is 7.14. The minimum atomic E-state index is -3.82. The van der Waals surface area contributed by atoms with Gasteiger partial charge in [-0.1, -0.05) is 25.3 Å². The van der Waals surface area contributed by atoms with E-state index in [1.807, 2.05) is 0 Å². The molecule has 2 aliphatic rings. The van der Waals surface area contributed by atoms with Crippen LogP contribution in [0.2, 0.25) is 0 Å². The Morgan fingerprint density at radius 3 is 2.52 bits per heavy atom. The van der Waals surface area contributed by atoms with Gasteiger partial charge >= 0.3 is 0 Å². The predicted octanol–water partition coefficient (Wildman–Crippen LogP) is 2.22. The Bertz CT molecular complexity index is 784. The van der Waals surface area contributed by atoms with Gasteiger partial charge in [-0.15, -0.1) is 0 Å². The molecule has 0 unspecified atom stereocenters. The van der Waals surface area contributed by atoms with Gasteiger partial charge in [-0.2, -0.15) is 0 Å². The highest BCUT2D eigenvalue weighted by Crippen LogP contribution is 2.34. The number of nitro groups is 1. The third-order valence-electron chi connectivity index (χ3n) is 5.75. The molecule has 0 aromatic heterocycles. The van der Waals surface area contributed by atoms with E-state index in [1.165, 1.54) is 18.6 Å². The van der Waals surface area contributed by atoms with Gasteiger partial charge in [-0.05, 0) is 25.8 Å². The number of aryl methyl sites for hydroxylation is 1. The van der Waals surface area contributed by atoms with Gasteiger partial charge < -0.3 is 4.74 Å². The van der Waals surface area contributed by atoms with E-state index in [-0.39, 0.29) is 16.1 Å². The van der Waals surface area contributed by atoms with E-state index in [0.717, 1.165) is 44.8 Å². The molecule has 8 nitrogen and oxygen atoms in total. The van der Waals surface area contributed by atoms with Crippen molar-refractivity contribution in [2.24, 2.45) is 0 Å². The van der Waals surface area contributed by atoms with Crippen molar-refractivity contribution < 1.29 is 18.1 Å². The van der Waals surface area contributed by atoms with Crippen LogP contribution in [0.15, 0.2) is 23.1 Å². The summed E-state index contributed by atoms with van der Waals surface area (Å²) in [4.78, 5) is 12.9. The molecular formula is C18H27N3O5S. The van der Waals surface area contributed by atoms with Gasteiger partial charge in [0, 0.05) is 36.8 Å². The quantitative estimate of drug-likeness (QED) is 0.583. The number of nitrogens with one attached hydrogen (secondary N) is 1. The van der Waals surface area contributed by atoms with Crippen molar-refractivity contribution in [1.29, 1.82) is 0 Å². The van der Waals surface area contributed by atoms with Crippen LogP contribution in [0.25, 0.3) is 0 Å². The molecule has 1 aromatic carbocycles. The highest BCUT2D eigenvalue weighted by Gasteiger charge is 2.39. The largest absolute Gasteiger partial charge is 0.379 e. The van der Waals surface area contributed by atoms with Gasteiger partial charge in [-0.3, -0.25) is 15.0 Å². The molecule has 0 atom stereocenters. The van der Waals surface area contributed by atoms with Crippen LogP contribution in [0.1, 0.15) is 37.7 Å². The summed E-state index contributed by atoms with van der Waals surface area (Å²) < 4.78 is 33.8. The minimum Gasteiger partial charge on any atom is -0.379 e. The van der Waals surface area contributed by atoms with E-state index in [1.54, 1.807) is 6.92 Å². The molecule has 0 spiro atoms. The molecule has 1 aliphatic carbocycles. The molecular weight excluding hydrogens is 370 g/mol. The Morgan fingerprint density at radius 1 is 1.22 bits per heavy atom. The number of rotatable bonds is 6. The van der Waals surface area contributed by atoms with Crippen molar-refractivity contribution in [3.8, 4) is 0 Å².